The number of anilines is 3. The van der Waals surface area contributed by atoms with Gasteiger partial charge in [-0.15, -0.1) is 0 Å². The normalized spacial score (nSPS) is 11.2. The minimum absolute atomic E-state index is 1.09. The summed E-state index contributed by atoms with van der Waals surface area (Å²) in [7, 11) is 0. The molecule has 0 spiro atoms. The van der Waals surface area contributed by atoms with Crippen molar-refractivity contribution in [3.05, 3.63) is 231 Å². The summed E-state index contributed by atoms with van der Waals surface area (Å²) in [5.74, 6) is 0. The Bertz CT molecular complexity index is 2930. The first kappa shape index (κ1) is 33.2. The molecule has 10 aromatic rings. The van der Waals surface area contributed by atoms with Crippen molar-refractivity contribution in [3.63, 3.8) is 0 Å². The molecule has 2 heteroatoms. The van der Waals surface area contributed by atoms with Crippen LogP contribution >= 0.6 is 0 Å². The average molecular weight is 715 g/mol. The first-order valence-corrected chi connectivity index (χ1v) is 19.2. The lowest BCUT2D eigenvalue weighted by Crippen LogP contribution is -2.10. The number of aromatic nitrogens is 1. The Morgan fingerprint density at radius 3 is 1.27 bits per heavy atom. The van der Waals surface area contributed by atoms with Gasteiger partial charge in [-0.25, -0.2) is 0 Å². The van der Waals surface area contributed by atoms with E-state index in [4.69, 9.17) is 0 Å². The number of benzene rings is 9. The molecule has 0 saturated carbocycles. The molecule has 0 N–H and O–H groups in total. The van der Waals surface area contributed by atoms with Crippen molar-refractivity contribution in [1.82, 2.24) is 4.57 Å². The van der Waals surface area contributed by atoms with Crippen LogP contribution in [0.5, 0.6) is 0 Å². The van der Waals surface area contributed by atoms with Crippen LogP contribution in [0.1, 0.15) is 0 Å². The SMILES string of the molecule is c1ccc(-c2ccc(-c3cccc(N(c4ccc(-c5ccc6c(c5)c5ccccc5n6-c5ccccc5)cc4)c4cccc(-c5ccccc5)c4)c3)cc2)cc1. The van der Waals surface area contributed by atoms with Crippen LogP contribution in [-0.2, 0) is 0 Å². The molecule has 264 valence electrons. The van der Waals surface area contributed by atoms with E-state index < -0.39 is 0 Å². The van der Waals surface area contributed by atoms with Gasteiger partial charge in [0.05, 0.1) is 11.0 Å². The maximum Gasteiger partial charge on any atom is 0.0541 e. The first-order chi connectivity index (χ1) is 27.8. The zero-order valence-corrected chi connectivity index (χ0v) is 30.8. The lowest BCUT2D eigenvalue weighted by atomic mass is 9.99. The van der Waals surface area contributed by atoms with Gasteiger partial charge in [-0.2, -0.15) is 0 Å². The molecule has 0 unspecified atom stereocenters. The van der Waals surface area contributed by atoms with Crippen molar-refractivity contribution in [3.8, 4) is 50.2 Å². The average Bonchev–Trinajstić information content (AvgIpc) is 3.62. The molecule has 1 heterocycles. The second-order valence-corrected chi connectivity index (χ2v) is 14.2. The summed E-state index contributed by atoms with van der Waals surface area (Å²) in [5, 5.41) is 2.50. The van der Waals surface area contributed by atoms with Gasteiger partial charge in [0, 0.05) is 33.5 Å². The van der Waals surface area contributed by atoms with E-state index in [0.29, 0.717) is 0 Å². The largest absolute Gasteiger partial charge is 0.310 e. The van der Waals surface area contributed by atoms with E-state index in [1.54, 1.807) is 0 Å². The molecule has 1 aromatic heterocycles. The number of hydrogen-bond donors (Lipinski definition) is 0. The van der Waals surface area contributed by atoms with Gasteiger partial charge >= 0.3 is 0 Å². The fourth-order valence-electron chi connectivity index (χ4n) is 8.02. The fourth-order valence-corrected chi connectivity index (χ4v) is 8.02. The number of nitrogens with zero attached hydrogens (tertiary/aromatic N) is 2. The predicted molar refractivity (Wildman–Crippen MR) is 237 cm³/mol. The summed E-state index contributed by atoms with van der Waals surface area (Å²) in [4.78, 5) is 2.37. The van der Waals surface area contributed by atoms with Gasteiger partial charge in [0.25, 0.3) is 0 Å². The quantitative estimate of drug-likeness (QED) is 0.152. The van der Waals surface area contributed by atoms with Crippen LogP contribution in [-0.4, -0.2) is 4.57 Å². The van der Waals surface area contributed by atoms with Crippen LogP contribution in [0.25, 0.3) is 72.0 Å². The maximum atomic E-state index is 2.37. The number of hydrogen-bond acceptors (Lipinski definition) is 1. The molecule has 0 aliphatic carbocycles. The molecule has 0 aliphatic rings. The third-order valence-electron chi connectivity index (χ3n) is 10.8. The van der Waals surface area contributed by atoms with Crippen molar-refractivity contribution >= 4 is 38.9 Å². The third-order valence-corrected chi connectivity index (χ3v) is 10.8. The van der Waals surface area contributed by atoms with Crippen LogP contribution in [0, 0.1) is 0 Å². The van der Waals surface area contributed by atoms with E-state index in [1.165, 1.54) is 72.0 Å². The summed E-state index contributed by atoms with van der Waals surface area (Å²) in [5.41, 5.74) is 16.4. The molecule has 2 nitrogen and oxygen atoms in total. The standard InChI is InChI=1S/C54H38N2/c1-4-14-39(15-5-1)41-26-28-42(29-27-41)45-19-13-23-50(37-45)55(49-22-12-18-44(36-49)40-16-6-2-7-17-40)48-33-30-43(31-34-48)46-32-35-54-52(38-46)51-24-10-11-25-53(51)56(54)47-20-8-3-9-21-47/h1-38H. The Morgan fingerprint density at radius 1 is 0.250 bits per heavy atom. The minimum Gasteiger partial charge on any atom is -0.310 e. The van der Waals surface area contributed by atoms with Gasteiger partial charge in [-0.3, -0.25) is 0 Å². The van der Waals surface area contributed by atoms with E-state index in [2.05, 4.69) is 240 Å². The first-order valence-electron chi connectivity index (χ1n) is 19.2. The van der Waals surface area contributed by atoms with Crippen LogP contribution in [0.3, 0.4) is 0 Å². The van der Waals surface area contributed by atoms with E-state index in [9.17, 15) is 0 Å². The Kier molecular flexibility index (Phi) is 8.55. The number of fused-ring (bicyclic) bond motifs is 3. The number of rotatable bonds is 8. The Hall–Kier alpha value is -7.42. The van der Waals surface area contributed by atoms with Crippen molar-refractivity contribution < 1.29 is 0 Å². The molecule has 0 radical (unpaired) electrons. The molecule has 0 amide bonds. The highest BCUT2D eigenvalue weighted by molar-refractivity contribution is 6.10. The molecule has 0 saturated heterocycles. The smallest absolute Gasteiger partial charge is 0.0541 e. The van der Waals surface area contributed by atoms with Gasteiger partial charge in [0.1, 0.15) is 0 Å². The van der Waals surface area contributed by atoms with Gasteiger partial charge in [-0.1, -0.05) is 164 Å². The summed E-state index contributed by atoms with van der Waals surface area (Å²) in [6.07, 6.45) is 0. The molecular formula is C54H38N2. The summed E-state index contributed by atoms with van der Waals surface area (Å²) in [6, 6.07) is 83.0. The molecule has 0 fully saturated rings. The lowest BCUT2D eigenvalue weighted by molar-refractivity contribution is 1.18. The molecule has 56 heavy (non-hydrogen) atoms. The molecular weight excluding hydrogens is 677 g/mol. The van der Waals surface area contributed by atoms with E-state index in [-0.39, 0.29) is 0 Å². The molecule has 9 aromatic carbocycles. The fraction of sp³-hybridized carbons (Fsp3) is 0. The van der Waals surface area contributed by atoms with E-state index in [0.717, 1.165) is 17.1 Å². The van der Waals surface area contributed by atoms with E-state index >= 15 is 0 Å². The minimum atomic E-state index is 1.09. The molecule has 0 atom stereocenters. The number of para-hydroxylation sites is 2. The van der Waals surface area contributed by atoms with Gasteiger partial charge < -0.3 is 9.47 Å². The highest BCUT2D eigenvalue weighted by atomic mass is 15.1. The maximum absolute atomic E-state index is 2.37. The second kappa shape index (κ2) is 14.4. The Morgan fingerprint density at radius 2 is 0.661 bits per heavy atom. The van der Waals surface area contributed by atoms with Crippen LogP contribution < -0.4 is 4.90 Å². The summed E-state index contributed by atoms with van der Waals surface area (Å²) < 4.78 is 2.37. The predicted octanol–water partition coefficient (Wildman–Crippen LogP) is 14.9. The van der Waals surface area contributed by atoms with Gasteiger partial charge in [0.2, 0.25) is 0 Å². The van der Waals surface area contributed by atoms with Crippen molar-refractivity contribution in [1.29, 1.82) is 0 Å². The Labute approximate surface area is 327 Å². The van der Waals surface area contributed by atoms with Gasteiger partial charge in [0.15, 0.2) is 0 Å². The van der Waals surface area contributed by atoms with Crippen molar-refractivity contribution in [2.24, 2.45) is 0 Å². The van der Waals surface area contributed by atoms with E-state index in [1.807, 2.05) is 0 Å². The van der Waals surface area contributed by atoms with Crippen LogP contribution in [0.4, 0.5) is 17.1 Å². The lowest BCUT2D eigenvalue weighted by Gasteiger charge is -2.27. The van der Waals surface area contributed by atoms with Gasteiger partial charge in [-0.05, 0) is 111 Å². The zero-order valence-electron chi connectivity index (χ0n) is 30.8. The second-order valence-electron chi connectivity index (χ2n) is 14.2. The van der Waals surface area contributed by atoms with Crippen LogP contribution in [0.2, 0.25) is 0 Å². The monoisotopic (exact) mass is 714 g/mol. The van der Waals surface area contributed by atoms with Crippen LogP contribution in [0.15, 0.2) is 231 Å². The highest BCUT2D eigenvalue weighted by Crippen LogP contribution is 2.40. The summed E-state index contributed by atoms with van der Waals surface area (Å²) in [6.45, 7) is 0. The summed E-state index contributed by atoms with van der Waals surface area (Å²) >= 11 is 0. The van der Waals surface area contributed by atoms with Crippen molar-refractivity contribution in [2.45, 2.75) is 0 Å². The zero-order chi connectivity index (χ0) is 37.3. The molecule has 0 bridgehead atoms. The topological polar surface area (TPSA) is 8.17 Å². The molecule has 10 rings (SSSR count). The third kappa shape index (κ3) is 6.24. The highest BCUT2D eigenvalue weighted by Gasteiger charge is 2.17. The Balaban J connectivity index is 1.05. The van der Waals surface area contributed by atoms with Crippen molar-refractivity contribution in [2.75, 3.05) is 4.90 Å². The molecule has 0 aliphatic heterocycles.